The maximum absolute atomic E-state index is 12.9. The van der Waals surface area contributed by atoms with Gasteiger partial charge in [0.1, 0.15) is 5.52 Å². The first-order valence-corrected chi connectivity index (χ1v) is 10.5. The molecule has 0 atom stereocenters. The van der Waals surface area contributed by atoms with Crippen LogP contribution in [0.1, 0.15) is 23.0 Å². The van der Waals surface area contributed by atoms with Crippen LogP contribution in [-0.4, -0.2) is 46.5 Å². The number of fused-ring (bicyclic) bond motifs is 1. The maximum atomic E-state index is 12.9. The minimum absolute atomic E-state index is 0.0475. The molecule has 1 fully saturated rings. The number of aryl methyl sites for hydroxylation is 1. The summed E-state index contributed by atoms with van der Waals surface area (Å²) in [7, 11) is 0. The molecule has 1 aliphatic rings. The van der Waals surface area contributed by atoms with Gasteiger partial charge in [0.25, 0.3) is 11.5 Å². The van der Waals surface area contributed by atoms with Crippen molar-refractivity contribution in [2.24, 2.45) is 0 Å². The standard InChI is InChI=1S/C23H25ClN4O2/c1-3-4-9-28-14-19(18-12-15(2)26-21(18)23(28)30)16-5-6-17(20(24)13-16)22(29)27-10-7-25-8-11-27/h3-6,12-14,25-26H,7-11H2,1-2H3. The van der Waals surface area contributed by atoms with E-state index in [1.807, 2.05) is 55.3 Å². The van der Waals surface area contributed by atoms with Gasteiger partial charge in [0, 0.05) is 55.6 Å². The monoisotopic (exact) mass is 424 g/mol. The van der Waals surface area contributed by atoms with Crippen LogP contribution in [0.3, 0.4) is 0 Å². The number of aromatic amines is 1. The highest BCUT2D eigenvalue weighted by molar-refractivity contribution is 6.34. The Balaban J connectivity index is 1.78. The number of carbonyl (C=O) groups is 1. The number of nitrogens with zero attached hydrogens (tertiary/aromatic N) is 2. The number of halogens is 1. The minimum atomic E-state index is -0.0587. The van der Waals surface area contributed by atoms with E-state index >= 15 is 0 Å². The quantitative estimate of drug-likeness (QED) is 0.629. The molecule has 3 heterocycles. The lowest BCUT2D eigenvalue weighted by molar-refractivity contribution is 0.0736. The third-order valence-corrected chi connectivity index (χ3v) is 5.77. The average molecular weight is 425 g/mol. The van der Waals surface area contributed by atoms with Gasteiger partial charge in [-0.3, -0.25) is 9.59 Å². The highest BCUT2D eigenvalue weighted by atomic mass is 35.5. The van der Waals surface area contributed by atoms with E-state index in [1.54, 1.807) is 10.6 Å². The number of carbonyl (C=O) groups excluding carboxylic acids is 1. The van der Waals surface area contributed by atoms with Gasteiger partial charge in [-0.25, -0.2) is 0 Å². The van der Waals surface area contributed by atoms with Crippen molar-refractivity contribution in [3.63, 3.8) is 0 Å². The van der Waals surface area contributed by atoms with Crippen molar-refractivity contribution in [1.29, 1.82) is 0 Å². The number of aromatic nitrogens is 2. The summed E-state index contributed by atoms with van der Waals surface area (Å²) in [6.45, 7) is 7.29. The molecule has 0 bridgehead atoms. The lowest BCUT2D eigenvalue weighted by atomic mass is 10.0. The van der Waals surface area contributed by atoms with Crippen LogP contribution in [0.5, 0.6) is 0 Å². The topological polar surface area (TPSA) is 70.1 Å². The summed E-state index contributed by atoms with van der Waals surface area (Å²) in [5.41, 5.74) is 3.72. The van der Waals surface area contributed by atoms with Gasteiger partial charge in [-0.15, -0.1) is 0 Å². The lowest BCUT2D eigenvalue weighted by Crippen LogP contribution is -2.46. The van der Waals surface area contributed by atoms with Gasteiger partial charge in [-0.2, -0.15) is 0 Å². The number of benzene rings is 1. The highest BCUT2D eigenvalue weighted by Crippen LogP contribution is 2.31. The largest absolute Gasteiger partial charge is 0.354 e. The maximum Gasteiger partial charge on any atom is 0.275 e. The number of H-pyrrole nitrogens is 1. The number of piperazine rings is 1. The molecule has 156 valence electrons. The second-order valence-electron chi connectivity index (χ2n) is 7.55. The van der Waals surface area contributed by atoms with Crippen LogP contribution in [0.15, 0.2) is 47.4 Å². The van der Waals surface area contributed by atoms with E-state index in [-0.39, 0.29) is 11.5 Å². The Bertz CT molecular complexity index is 1190. The molecular formula is C23H25ClN4O2. The first-order valence-electron chi connectivity index (χ1n) is 10.1. The van der Waals surface area contributed by atoms with Gasteiger partial charge in [0.2, 0.25) is 0 Å². The van der Waals surface area contributed by atoms with E-state index in [1.165, 1.54) is 0 Å². The van der Waals surface area contributed by atoms with Crippen molar-refractivity contribution >= 4 is 28.4 Å². The van der Waals surface area contributed by atoms with E-state index in [0.717, 1.165) is 35.3 Å². The number of hydrogen-bond acceptors (Lipinski definition) is 3. The Labute approximate surface area is 180 Å². The zero-order valence-electron chi connectivity index (χ0n) is 17.2. The molecule has 2 aromatic heterocycles. The van der Waals surface area contributed by atoms with Crippen molar-refractivity contribution in [2.75, 3.05) is 26.2 Å². The van der Waals surface area contributed by atoms with Crippen LogP contribution in [0.4, 0.5) is 0 Å². The average Bonchev–Trinajstić information content (AvgIpc) is 3.15. The second-order valence-corrected chi connectivity index (χ2v) is 7.95. The second kappa shape index (κ2) is 8.50. The van der Waals surface area contributed by atoms with Gasteiger partial charge < -0.3 is 19.8 Å². The molecule has 1 saturated heterocycles. The first-order chi connectivity index (χ1) is 14.5. The summed E-state index contributed by atoms with van der Waals surface area (Å²) in [6, 6.07) is 7.48. The number of hydrogen-bond donors (Lipinski definition) is 2. The third kappa shape index (κ3) is 3.80. The Hall–Kier alpha value is -2.83. The Morgan fingerprint density at radius 3 is 2.70 bits per heavy atom. The summed E-state index contributed by atoms with van der Waals surface area (Å²) in [5.74, 6) is -0.0475. The molecule has 1 aliphatic heterocycles. The molecule has 0 unspecified atom stereocenters. The van der Waals surface area contributed by atoms with Gasteiger partial charge in [-0.1, -0.05) is 29.8 Å². The normalized spacial score (nSPS) is 14.7. The molecule has 4 rings (SSSR count). The van der Waals surface area contributed by atoms with Gasteiger partial charge in [-0.05, 0) is 37.6 Å². The van der Waals surface area contributed by atoms with Crippen LogP contribution < -0.4 is 10.9 Å². The molecule has 7 heteroatoms. The predicted molar refractivity (Wildman–Crippen MR) is 121 cm³/mol. The summed E-state index contributed by atoms with van der Waals surface area (Å²) < 4.78 is 1.68. The minimum Gasteiger partial charge on any atom is -0.354 e. The van der Waals surface area contributed by atoms with Gasteiger partial charge in [0.15, 0.2) is 0 Å². The third-order valence-electron chi connectivity index (χ3n) is 5.45. The van der Waals surface area contributed by atoms with Crippen molar-refractivity contribution in [2.45, 2.75) is 20.4 Å². The van der Waals surface area contributed by atoms with E-state index in [4.69, 9.17) is 11.6 Å². The number of nitrogens with one attached hydrogen (secondary N) is 2. The molecule has 2 N–H and O–H groups in total. The number of rotatable bonds is 4. The molecule has 0 radical (unpaired) electrons. The molecule has 0 aliphatic carbocycles. The summed E-state index contributed by atoms with van der Waals surface area (Å²) >= 11 is 6.55. The molecule has 6 nitrogen and oxygen atoms in total. The smallest absolute Gasteiger partial charge is 0.275 e. The summed E-state index contributed by atoms with van der Waals surface area (Å²) in [4.78, 5) is 30.7. The van der Waals surface area contributed by atoms with Crippen molar-refractivity contribution in [1.82, 2.24) is 19.8 Å². The summed E-state index contributed by atoms with van der Waals surface area (Å²) in [5, 5.41) is 4.52. The molecule has 30 heavy (non-hydrogen) atoms. The zero-order valence-corrected chi connectivity index (χ0v) is 17.9. The predicted octanol–water partition coefficient (Wildman–Crippen LogP) is 3.58. The van der Waals surface area contributed by atoms with Crippen LogP contribution in [0, 0.1) is 6.92 Å². The fraction of sp³-hybridized carbons (Fsp3) is 0.304. The van der Waals surface area contributed by atoms with Crippen LogP contribution in [-0.2, 0) is 6.54 Å². The van der Waals surface area contributed by atoms with Crippen molar-refractivity contribution in [3.05, 3.63) is 69.2 Å². The molecule has 0 saturated carbocycles. The lowest BCUT2D eigenvalue weighted by Gasteiger charge is -2.27. The van der Waals surface area contributed by atoms with Crippen molar-refractivity contribution in [3.8, 4) is 11.1 Å². The van der Waals surface area contributed by atoms with Gasteiger partial charge >= 0.3 is 0 Å². The van der Waals surface area contributed by atoms with E-state index < -0.39 is 0 Å². The Kier molecular flexibility index (Phi) is 5.79. The van der Waals surface area contributed by atoms with Crippen molar-refractivity contribution < 1.29 is 4.79 Å². The Morgan fingerprint density at radius 2 is 2.00 bits per heavy atom. The van der Waals surface area contributed by atoms with E-state index in [2.05, 4.69) is 10.3 Å². The molecular weight excluding hydrogens is 400 g/mol. The first kappa shape index (κ1) is 20.4. The van der Waals surface area contributed by atoms with Crippen LogP contribution >= 0.6 is 11.6 Å². The SMILES string of the molecule is CC=CCn1cc(-c2ccc(C(=O)N3CCNCC3)c(Cl)c2)c2cc(C)[nH]c2c1=O. The van der Waals surface area contributed by atoms with E-state index in [9.17, 15) is 9.59 Å². The number of amides is 1. The Morgan fingerprint density at radius 1 is 1.23 bits per heavy atom. The van der Waals surface area contributed by atoms with Crippen LogP contribution in [0.2, 0.25) is 5.02 Å². The number of allylic oxidation sites excluding steroid dienone is 2. The molecule has 3 aromatic rings. The number of pyridine rings is 1. The fourth-order valence-corrected chi connectivity index (χ4v) is 4.14. The molecule has 1 amide bonds. The summed E-state index contributed by atoms with van der Waals surface area (Å²) in [6.07, 6.45) is 5.72. The van der Waals surface area contributed by atoms with Gasteiger partial charge in [0.05, 0.1) is 10.6 Å². The highest BCUT2D eigenvalue weighted by Gasteiger charge is 2.21. The van der Waals surface area contributed by atoms with Crippen LogP contribution in [0.25, 0.3) is 22.0 Å². The molecule has 0 spiro atoms. The fourth-order valence-electron chi connectivity index (χ4n) is 3.88. The van der Waals surface area contributed by atoms with E-state index in [0.29, 0.717) is 35.7 Å². The molecule has 1 aromatic carbocycles. The zero-order chi connectivity index (χ0) is 21.3.